The van der Waals surface area contributed by atoms with Crippen molar-refractivity contribution >= 4 is 27.5 Å². The lowest BCUT2D eigenvalue weighted by atomic mass is 10.0. The molecular formula is C15H20BrClN4. The van der Waals surface area contributed by atoms with E-state index in [1.165, 1.54) is 0 Å². The summed E-state index contributed by atoms with van der Waals surface area (Å²) in [5.74, 6) is 5.75. The van der Waals surface area contributed by atoms with Crippen molar-refractivity contribution in [3.8, 4) is 0 Å². The van der Waals surface area contributed by atoms with Crippen molar-refractivity contribution in [1.29, 1.82) is 0 Å². The Morgan fingerprint density at radius 2 is 2.19 bits per heavy atom. The van der Waals surface area contributed by atoms with Gasteiger partial charge in [-0.05, 0) is 31.0 Å². The summed E-state index contributed by atoms with van der Waals surface area (Å²) in [6.07, 6.45) is 1.53. The van der Waals surface area contributed by atoms with Crippen LogP contribution in [-0.4, -0.2) is 9.78 Å². The molecule has 3 N–H and O–H groups in total. The van der Waals surface area contributed by atoms with Crippen molar-refractivity contribution in [2.75, 3.05) is 0 Å². The van der Waals surface area contributed by atoms with Gasteiger partial charge in [0.25, 0.3) is 0 Å². The van der Waals surface area contributed by atoms with Crippen LogP contribution in [0.25, 0.3) is 0 Å². The molecule has 1 heterocycles. The highest BCUT2D eigenvalue weighted by molar-refractivity contribution is 9.10. The lowest BCUT2D eigenvalue weighted by Gasteiger charge is -2.17. The van der Waals surface area contributed by atoms with Crippen molar-refractivity contribution < 1.29 is 0 Å². The van der Waals surface area contributed by atoms with E-state index in [0.717, 1.165) is 39.4 Å². The van der Waals surface area contributed by atoms with Gasteiger partial charge < -0.3 is 0 Å². The quantitative estimate of drug-likeness (QED) is 0.602. The SMILES string of the molecule is CCc1nn(CC)c(CC(NN)c2cccc(Br)c2)c1Cl. The van der Waals surface area contributed by atoms with E-state index in [2.05, 4.69) is 52.4 Å². The smallest absolute Gasteiger partial charge is 0.0850 e. The standard InChI is InChI=1S/C15H20BrClN4/c1-3-12-15(17)14(21(4-2)20-12)9-13(19-18)10-6-5-7-11(16)8-10/h5-8,13,19H,3-4,9,18H2,1-2H3. The average Bonchev–Trinajstić information content (AvgIpc) is 2.80. The monoisotopic (exact) mass is 370 g/mol. The molecule has 1 atom stereocenters. The highest BCUT2D eigenvalue weighted by Gasteiger charge is 2.19. The molecule has 0 spiro atoms. The summed E-state index contributed by atoms with van der Waals surface area (Å²) in [4.78, 5) is 0. The van der Waals surface area contributed by atoms with Crippen LogP contribution in [0.3, 0.4) is 0 Å². The zero-order valence-electron chi connectivity index (χ0n) is 12.2. The van der Waals surface area contributed by atoms with Crippen LogP contribution in [0.15, 0.2) is 28.7 Å². The highest BCUT2D eigenvalue weighted by atomic mass is 79.9. The van der Waals surface area contributed by atoms with E-state index >= 15 is 0 Å². The van der Waals surface area contributed by atoms with E-state index in [0.29, 0.717) is 6.42 Å². The topological polar surface area (TPSA) is 55.9 Å². The molecule has 0 fully saturated rings. The zero-order chi connectivity index (χ0) is 15.4. The first-order chi connectivity index (χ1) is 10.1. The molecule has 0 aliphatic rings. The normalized spacial score (nSPS) is 12.6. The number of aromatic nitrogens is 2. The Bertz CT molecular complexity index is 612. The molecule has 1 aromatic carbocycles. The van der Waals surface area contributed by atoms with Gasteiger partial charge in [0.05, 0.1) is 22.5 Å². The number of nitrogens with two attached hydrogens (primary N) is 1. The Balaban J connectivity index is 2.32. The van der Waals surface area contributed by atoms with Crippen LogP contribution < -0.4 is 11.3 Å². The fourth-order valence-corrected chi connectivity index (χ4v) is 3.17. The first-order valence-electron chi connectivity index (χ1n) is 7.06. The van der Waals surface area contributed by atoms with Gasteiger partial charge >= 0.3 is 0 Å². The zero-order valence-corrected chi connectivity index (χ0v) is 14.6. The molecule has 0 bridgehead atoms. The van der Waals surface area contributed by atoms with Crippen molar-refractivity contribution in [3.05, 3.63) is 50.7 Å². The number of hydrazine groups is 1. The van der Waals surface area contributed by atoms with Crippen molar-refractivity contribution in [1.82, 2.24) is 15.2 Å². The Labute approximate surface area is 138 Å². The van der Waals surface area contributed by atoms with Gasteiger partial charge in [0, 0.05) is 17.4 Å². The van der Waals surface area contributed by atoms with E-state index in [1.807, 2.05) is 16.8 Å². The molecule has 2 rings (SSSR count). The van der Waals surface area contributed by atoms with Gasteiger partial charge in [-0.3, -0.25) is 16.0 Å². The molecule has 0 saturated carbocycles. The van der Waals surface area contributed by atoms with Gasteiger partial charge in [0.2, 0.25) is 0 Å². The summed E-state index contributed by atoms with van der Waals surface area (Å²) >= 11 is 9.96. The molecule has 0 aliphatic carbocycles. The Kier molecular flexibility index (Phi) is 5.81. The minimum absolute atomic E-state index is 0.00768. The van der Waals surface area contributed by atoms with E-state index < -0.39 is 0 Å². The predicted molar refractivity (Wildman–Crippen MR) is 90.2 cm³/mol. The molecule has 2 aromatic rings. The number of nitrogens with one attached hydrogen (secondary N) is 1. The first-order valence-corrected chi connectivity index (χ1v) is 8.23. The van der Waals surface area contributed by atoms with Crippen LogP contribution >= 0.6 is 27.5 Å². The molecule has 4 nitrogen and oxygen atoms in total. The number of benzene rings is 1. The lowest BCUT2D eigenvalue weighted by Crippen LogP contribution is -2.30. The fourth-order valence-electron chi connectivity index (χ4n) is 2.40. The Morgan fingerprint density at radius 3 is 2.76 bits per heavy atom. The minimum atomic E-state index is -0.00768. The van der Waals surface area contributed by atoms with Crippen LogP contribution in [0.4, 0.5) is 0 Å². The van der Waals surface area contributed by atoms with Gasteiger partial charge in [-0.25, -0.2) is 0 Å². The van der Waals surface area contributed by atoms with Crippen LogP contribution in [0.1, 0.15) is 36.8 Å². The van der Waals surface area contributed by atoms with E-state index in [-0.39, 0.29) is 6.04 Å². The largest absolute Gasteiger partial charge is 0.271 e. The number of nitrogens with zero attached hydrogens (tertiary/aromatic N) is 2. The molecule has 6 heteroatoms. The third-order valence-corrected chi connectivity index (χ3v) is 4.47. The Hall–Kier alpha value is -0.880. The number of rotatable bonds is 6. The summed E-state index contributed by atoms with van der Waals surface area (Å²) in [7, 11) is 0. The minimum Gasteiger partial charge on any atom is -0.271 e. The second kappa shape index (κ2) is 7.40. The number of hydrogen-bond donors (Lipinski definition) is 2. The summed E-state index contributed by atoms with van der Waals surface area (Å²) in [5.41, 5.74) is 5.96. The van der Waals surface area contributed by atoms with Gasteiger partial charge in [0.15, 0.2) is 0 Å². The van der Waals surface area contributed by atoms with Crippen molar-refractivity contribution in [2.24, 2.45) is 5.84 Å². The second-order valence-electron chi connectivity index (χ2n) is 4.86. The molecule has 21 heavy (non-hydrogen) atoms. The average molecular weight is 372 g/mol. The maximum absolute atomic E-state index is 6.47. The lowest BCUT2D eigenvalue weighted by molar-refractivity contribution is 0.516. The van der Waals surface area contributed by atoms with Crippen LogP contribution in [0.2, 0.25) is 5.02 Å². The molecule has 0 aliphatic heterocycles. The van der Waals surface area contributed by atoms with Gasteiger partial charge in [-0.1, -0.05) is 46.6 Å². The van der Waals surface area contributed by atoms with Gasteiger partial charge in [-0.2, -0.15) is 5.10 Å². The fraction of sp³-hybridized carbons (Fsp3) is 0.400. The van der Waals surface area contributed by atoms with E-state index in [4.69, 9.17) is 17.4 Å². The first kappa shape index (κ1) is 16.5. The van der Waals surface area contributed by atoms with E-state index in [9.17, 15) is 0 Å². The maximum atomic E-state index is 6.47. The maximum Gasteiger partial charge on any atom is 0.0850 e. The molecule has 114 valence electrons. The third-order valence-electron chi connectivity index (χ3n) is 3.54. The molecule has 0 radical (unpaired) electrons. The van der Waals surface area contributed by atoms with Gasteiger partial charge in [0.1, 0.15) is 0 Å². The summed E-state index contributed by atoms with van der Waals surface area (Å²) < 4.78 is 2.99. The van der Waals surface area contributed by atoms with Crippen LogP contribution in [-0.2, 0) is 19.4 Å². The number of hydrogen-bond acceptors (Lipinski definition) is 3. The molecule has 0 saturated heterocycles. The molecular weight excluding hydrogens is 352 g/mol. The molecule has 0 amide bonds. The van der Waals surface area contributed by atoms with Crippen LogP contribution in [0, 0.1) is 0 Å². The van der Waals surface area contributed by atoms with Crippen LogP contribution in [0.5, 0.6) is 0 Å². The Morgan fingerprint density at radius 1 is 1.43 bits per heavy atom. The third kappa shape index (κ3) is 3.66. The number of aryl methyl sites for hydroxylation is 2. The van der Waals surface area contributed by atoms with Crippen molar-refractivity contribution in [3.63, 3.8) is 0 Å². The second-order valence-corrected chi connectivity index (χ2v) is 6.15. The van der Waals surface area contributed by atoms with Gasteiger partial charge in [-0.15, -0.1) is 0 Å². The summed E-state index contributed by atoms with van der Waals surface area (Å²) in [5, 5.41) is 5.31. The highest BCUT2D eigenvalue weighted by Crippen LogP contribution is 2.27. The predicted octanol–water partition coefficient (Wildman–Crippen LogP) is 3.63. The van der Waals surface area contributed by atoms with Crippen molar-refractivity contribution in [2.45, 2.75) is 39.3 Å². The summed E-state index contributed by atoms with van der Waals surface area (Å²) in [6.45, 7) is 4.92. The summed E-state index contributed by atoms with van der Waals surface area (Å²) in [6, 6.07) is 8.10. The van der Waals surface area contributed by atoms with E-state index in [1.54, 1.807) is 0 Å². The molecule has 1 unspecified atom stereocenters. The molecule has 1 aromatic heterocycles. The number of halogens is 2.